The fourth-order valence-electron chi connectivity index (χ4n) is 6.08. The number of anilines is 2. The van der Waals surface area contributed by atoms with Gasteiger partial charge in [-0.25, -0.2) is 24.7 Å². The summed E-state index contributed by atoms with van der Waals surface area (Å²) in [7, 11) is 0. The number of alkyl halides is 6. The number of carbonyl (C=O) groups is 2. The number of aryl methyl sites for hydroxylation is 2. The van der Waals surface area contributed by atoms with Crippen molar-refractivity contribution >= 4 is 45.1 Å². The highest BCUT2D eigenvalue weighted by molar-refractivity contribution is 6.07. The molecule has 8 rings (SSSR count). The number of rotatable bonds is 5. The molecule has 0 atom stereocenters. The summed E-state index contributed by atoms with van der Waals surface area (Å²) in [5, 5.41) is 11.1. The van der Waals surface area contributed by atoms with E-state index in [-0.39, 0.29) is 56.6 Å². The first kappa shape index (κ1) is 44.2. The smallest absolute Gasteiger partial charge is 0.416 e. The molecule has 1 amide bonds. The topological polar surface area (TPSA) is 214 Å². The van der Waals surface area contributed by atoms with Gasteiger partial charge in [-0.05, 0) is 74.5 Å². The Labute approximate surface area is 350 Å². The number of carboxylic acids is 1. The van der Waals surface area contributed by atoms with Gasteiger partial charge in [0.25, 0.3) is 17.0 Å². The van der Waals surface area contributed by atoms with E-state index in [9.17, 15) is 45.5 Å². The van der Waals surface area contributed by atoms with E-state index in [1.54, 1.807) is 37.3 Å². The molecule has 0 bridgehead atoms. The molecule has 4 aromatic carbocycles. The first-order valence-corrected chi connectivity index (χ1v) is 18.1. The van der Waals surface area contributed by atoms with Crippen molar-refractivity contribution in [1.82, 2.24) is 39.0 Å². The van der Waals surface area contributed by atoms with Crippen LogP contribution in [0.5, 0.6) is 0 Å². The number of nitrogens with two attached hydrogens (primary N) is 1. The van der Waals surface area contributed by atoms with Crippen LogP contribution < -0.4 is 22.2 Å². The van der Waals surface area contributed by atoms with Gasteiger partial charge in [0, 0.05) is 30.5 Å². The lowest BCUT2D eigenvalue weighted by atomic mass is 10.1. The Hall–Kier alpha value is -8.36. The van der Waals surface area contributed by atoms with Gasteiger partial charge in [0.15, 0.2) is 5.69 Å². The summed E-state index contributed by atoms with van der Waals surface area (Å²) >= 11 is 0. The predicted molar refractivity (Wildman–Crippen MR) is 218 cm³/mol. The minimum atomic E-state index is -4.56. The van der Waals surface area contributed by atoms with E-state index in [4.69, 9.17) is 10.8 Å². The number of carbonyl (C=O) groups excluding carboxylic acids is 1. The van der Waals surface area contributed by atoms with Crippen LogP contribution >= 0.6 is 0 Å². The summed E-state index contributed by atoms with van der Waals surface area (Å²) in [6.07, 6.45) is -1.06. The number of aromatic carboxylic acids is 1. The van der Waals surface area contributed by atoms with Crippen molar-refractivity contribution in [2.45, 2.75) is 26.2 Å². The fourth-order valence-corrected chi connectivity index (χ4v) is 6.08. The van der Waals surface area contributed by atoms with Gasteiger partial charge in [0.05, 0.1) is 62.4 Å². The van der Waals surface area contributed by atoms with Gasteiger partial charge in [-0.15, -0.1) is 0 Å². The minimum absolute atomic E-state index is 0.0155. The highest BCUT2D eigenvalue weighted by Gasteiger charge is 2.32. The third kappa shape index (κ3) is 9.99. The van der Waals surface area contributed by atoms with E-state index < -0.39 is 46.5 Å². The number of nitrogen functional groups attached to an aromatic ring is 1. The molecule has 0 fully saturated rings. The number of aromatic nitrogens is 8. The van der Waals surface area contributed by atoms with E-state index in [1.165, 1.54) is 74.4 Å². The van der Waals surface area contributed by atoms with Crippen molar-refractivity contribution < 1.29 is 41.0 Å². The van der Waals surface area contributed by atoms with Gasteiger partial charge in [0.2, 0.25) is 0 Å². The Morgan fingerprint density at radius 3 is 1.56 bits per heavy atom. The Bertz CT molecular complexity index is 3110. The molecule has 21 heteroatoms. The number of hydrogen-bond acceptors (Lipinski definition) is 11. The number of nitrogens with zero attached hydrogens (tertiary/aromatic N) is 8. The fraction of sp³-hybridized carbons (Fsp3) is 0.0952. The maximum atomic E-state index is 13.3. The first-order chi connectivity index (χ1) is 29.8. The number of carboxylic acid groups (broad SMARTS) is 1. The standard InChI is InChI=1S/C21H14F3N5O2.C16H12F3N3O.C5H4N2O2/c1-12-27-15-6-3-7-16(28-19(30)17-11-25-8-9-26-17)18(15)20(31)29(12)14-5-2-4-13(10-14)21(22,23)24;1-9-21-13-7-3-6-12(20)14(13)15(23)22(9)11-5-2-4-10(8-11)16(17,18)19;8-5(9)4-3-6-1-2-7-4/h2-11H,1H3,(H,28,30);2-8H,20H2,1H3;1-3H,(H,8,9). The second-order valence-corrected chi connectivity index (χ2v) is 13.1. The van der Waals surface area contributed by atoms with E-state index in [0.717, 1.165) is 33.4 Å². The van der Waals surface area contributed by atoms with Crippen LogP contribution in [0.3, 0.4) is 0 Å². The van der Waals surface area contributed by atoms with Crippen molar-refractivity contribution in [1.29, 1.82) is 0 Å². The van der Waals surface area contributed by atoms with E-state index in [1.807, 2.05) is 0 Å². The van der Waals surface area contributed by atoms with E-state index in [2.05, 4.69) is 35.2 Å². The number of fused-ring (bicyclic) bond motifs is 2. The number of nitrogens with one attached hydrogen (secondary N) is 1. The Morgan fingerprint density at radius 1 is 0.635 bits per heavy atom. The van der Waals surface area contributed by atoms with E-state index in [0.29, 0.717) is 11.0 Å². The van der Waals surface area contributed by atoms with Crippen molar-refractivity contribution in [3.63, 3.8) is 0 Å². The van der Waals surface area contributed by atoms with E-state index >= 15 is 0 Å². The predicted octanol–water partition coefficient (Wildman–Crippen LogP) is 7.23. The van der Waals surface area contributed by atoms with Crippen LogP contribution in [0.4, 0.5) is 37.7 Å². The Balaban J connectivity index is 0.000000180. The molecule has 63 heavy (non-hydrogen) atoms. The molecule has 4 N–H and O–H groups in total. The van der Waals surface area contributed by atoms with Gasteiger partial charge in [-0.2, -0.15) is 26.3 Å². The van der Waals surface area contributed by atoms with Gasteiger partial charge in [-0.1, -0.05) is 24.3 Å². The average molecular weight is 869 g/mol. The highest BCUT2D eigenvalue weighted by Crippen LogP contribution is 2.32. The zero-order valence-corrected chi connectivity index (χ0v) is 32.6. The normalized spacial score (nSPS) is 11.2. The second-order valence-electron chi connectivity index (χ2n) is 13.1. The van der Waals surface area contributed by atoms with Crippen LogP contribution in [-0.4, -0.2) is 56.0 Å². The van der Waals surface area contributed by atoms with Crippen LogP contribution in [0, 0.1) is 13.8 Å². The van der Waals surface area contributed by atoms with Crippen molar-refractivity contribution in [3.8, 4) is 11.4 Å². The molecule has 15 nitrogen and oxygen atoms in total. The third-order valence-corrected chi connectivity index (χ3v) is 8.85. The minimum Gasteiger partial charge on any atom is -0.476 e. The first-order valence-electron chi connectivity index (χ1n) is 18.1. The molecule has 0 spiro atoms. The number of hydrogen-bond donors (Lipinski definition) is 3. The molecule has 0 saturated carbocycles. The maximum Gasteiger partial charge on any atom is 0.416 e. The summed E-state index contributed by atoms with van der Waals surface area (Å²) in [6, 6.07) is 18.5. The number of benzene rings is 4. The maximum absolute atomic E-state index is 13.3. The number of halogens is 6. The van der Waals surface area contributed by atoms with Gasteiger partial charge in [-0.3, -0.25) is 33.5 Å². The summed E-state index contributed by atoms with van der Waals surface area (Å²) in [6.45, 7) is 3.08. The van der Waals surface area contributed by atoms with Crippen LogP contribution in [0.15, 0.2) is 132 Å². The molecule has 0 aliphatic rings. The molecular formula is C42H30F6N10O5. The molecule has 0 radical (unpaired) electrons. The molecule has 320 valence electrons. The Morgan fingerprint density at radius 2 is 1.10 bits per heavy atom. The largest absolute Gasteiger partial charge is 0.476 e. The van der Waals surface area contributed by atoms with Crippen LogP contribution in [0.25, 0.3) is 33.2 Å². The molecule has 8 aromatic rings. The molecule has 4 aromatic heterocycles. The van der Waals surface area contributed by atoms with Crippen molar-refractivity contribution in [2.24, 2.45) is 0 Å². The lowest BCUT2D eigenvalue weighted by Gasteiger charge is -2.15. The summed E-state index contributed by atoms with van der Waals surface area (Å²) < 4.78 is 80.3. The van der Waals surface area contributed by atoms with Gasteiger partial charge >= 0.3 is 18.3 Å². The van der Waals surface area contributed by atoms with Gasteiger partial charge in [0.1, 0.15) is 17.3 Å². The SMILES string of the molecule is Cc1nc2cccc(N)c2c(=O)n1-c1cccc(C(F)(F)F)c1.Cc1nc2cccc(NC(=O)c3cnccn3)c2c(=O)n1-c1cccc(C(F)(F)F)c1.O=C(O)c1cnccn1. The van der Waals surface area contributed by atoms with Crippen LogP contribution in [0.1, 0.15) is 43.8 Å². The molecule has 4 heterocycles. The van der Waals surface area contributed by atoms with Crippen LogP contribution in [-0.2, 0) is 12.4 Å². The molecule has 0 unspecified atom stereocenters. The average Bonchev–Trinajstić information content (AvgIpc) is 3.24. The highest BCUT2D eigenvalue weighted by atomic mass is 19.4. The lowest BCUT2D eigenvalue weighted by molar-refractivity contribution is -0.138. The molecule has 0 saturated heterocycles. The summed E-state index contributed by atoms with van der Waals surface area (Å²) in [5.41, 5.74) is 4.22. The number of amides is 1. The molecular weight excluding hydrogens is 839 g/mol. The lowest BCUT2D eigenvalue weighted by Crippen LogP contribution is -2.24. The zero-order valence-electron chi connectivity index (χ0n) is 32.6. The van der Waals surface area contributed by atoms with Gasteiger partial charge < -0.3 is 16.2 Å². The third-order valence-electron chi connectivity index (χ3n) is 8.85. The molecule has 0 aliphatic carbocycles. The summed E-state index contributed by atoms with van der Waals surface area (Å²) in [5.74, 6) is -1.16. The van der Waals surface area contributed by atoms with Crippen molar-refractivity contribution in [2.75, 3.05) is 11.1 Å². The molecule has 0 aliphatic heterocycles. The Kier molecular flexibility index (Phi) is 12.7. The quantitative estimate of drug-likeness (QED) is 0.116. The van der Waals surface area contributed by atoms with Crippen LogP contribution in [0.2, 0.25) is 0 Å². The van der Waals surface area contributed by atoms with Crippen molar-refractivity contribution in [3.05, 3.63) is 177 Å². The summed E-state index contributed by atoms with van der Waals surface area (Å²) in [4.78, 5) is 72.0. The zero-order chi connectivity index (χ0) is 45.6. The monoisotopic (exact) mass is 868 g/mol. The second kappa shape index (κ2) is 18.1.